The molecule has 2 heterocycles. The molecule has 0 aliphatic heterocycles. The first kappa shape index (κ1) is 13.8. The van der Waals surface area contributed by atoms with Crippen LogP contribution in [0.25, 0.3) is 16.9 Å². The van der Waals surface area contributed by atoms with Gasteiger partial charge in [-0.25, -0.2) is 14.3 Å². The molecule has 2 aromatic heterocycles. The van der Waals surface area contributed by atoms with E-state index >= 15 is 0 Å². The van der Waals surface area contributed by atoms with Gasteiger partial charge < -0.3 is 4.74 Å². The smallest absolute Gasteiger partial charge is 0.341 e. The van der Waals surface area contributed by atoms with Gasteiger partial charge in [-0.1, -0.05) is 30.3 Å². The highest BCUT2D eigenvalue weighted by atomic mass is 79.9. The van der Waals surface area contributed by atoms with Gasteiger partial charge in [0.15, 0.2) is 5.65 Å². The van der Waals surface area contributed by atoms with E-state index in [1.54, 1.807) is 23.7 Å². The zero-order chi connectivity index (χ0) is 14.8. The molecule has 0 saturated heterocycles. The Morgan fingerprint density at radius 2 is 2.10 bits per heavy atom. The van der Waals surface area contributed by atoms with Crippen LogP contribution >= 0.6 is 15.9 Å². The molecule has 0 aliphatic rings. The SMILES string of the molecule is CCOC(=O)c1cn2nc(Br)cc2nc1-c1ccccc1. The molecule has 0 aliphatic carbocycles. The Kier molecular flexibility index (Phi) is 3.70. The molecule has 0 fully saturated rings. The van der Waals surface area contributed by atoms with Crippen molar-refractivity contribution in [1.82, 2.24) is 14.6 Å². The second-order valence-corrected chi connectivity index (χ2v) is 5.17. The fourth-order valence-electron chi connectivity index (χ4n) is 2.07. The predicted molar refractivity (Wildman–Crippen MR) is 82.1 cm³/mol. The minimum absolute atomic E-state index is 0.313. The monoisotopic (exact) mass is 345 g/mol. The minimum Gasteiger partial charge on any atom is -0.462 e. The number of rotatable bonds is 3. The van der Waals surface area contributed by atoms with Gasteiger partial charge in [0.25, 0.3) is 0 Å². The summed E-state index contributed by atoms with van der Waals surface area (Å²) in [5, 5.41) is 4.21. The molecule has 0 bridgehead atoms. The molecule has 1 aromatic carbocycles. The molecular weight excluding hydrogens is 334 g/mol. The van der Waals surface area contributed by atoms with E-state index in [1.165, 1.54) is 0 Å². The highest BCUT2D eigenvalue weighted by Crippen LogP contribution is 2.24. The average Bonchev–Trinajstić information content (AvgIpc) is 2.86. The summed E-state index contributed by atoms with van der Waals surface area (Å²) in [6, 6.07) is 11.3. The first-order valence-corrected chi connectivity index (χ1v) is 7.27. The summed E-state index contributed by atoms with van der Waals surface area (Å²) in [5.74, 6) is -0.405. The van der Waals surface area contributed by atoms with E-state index in [0.717, 1.165) is 5.56 Å². The standard InChI is InChI=1S/C15H12BrN3O2/c1-2-21-15(20)11-9-19-13(8-12(16)18-19)17-14(11)10-6-4-3-5-7-10/h3-9H,2H2,1H3. The Bertz CT molecular complexity index is 799. The summed E-state index contributed by atoms with van der Waals surface area (Å²) in [6.07, 6.45) is 1.65. The van der Waals surface area contributed by atoms with Crippen LogP contribution in [0.4, 0.5) is 0 Å². The van der Waals surface area contributed by atoms with Crippen LogP contribution in [-0.2, 0) is 4.74 Å². The van der Waals surface area contributed by atoms with Crippen LogP contribution in [-0.4, -0.2) is 27.2 Å². The Balaban J connectivity index is 2.23. The van der Waals surface area contributed by atoms with Gasteiger partial charge in [0, 0.05) is 17.8 Å². The fraction of sp³-hybridized carbons (Fsp3) is 0.133. The van der Waals surface area contributed by atoms with Crippen LogP contribution in [0.15, 0.2) is 47.2 Å². The van der Waals surface area contributed by atoms with Gasteiger partial charge in [-0.05, 0) is 22.9 Å². The summed E-state index contributed by atoms with van der Waals surface area (Å²) in [6.45, 7) is 2.09. The molecule has 0 saturated carbocycles. The van der Waals surface area contributed by atoms with Crippen LogP contribution in [0, 0.1) is 0 Å². The molecule has 0 amide bonds. The zero-order valence-electron chi connectivity index (χ0n) is 11.3. The van der Waals surface area contributed by atoms with E-state index in [1.807, 2.05) is 30.3 Å². The quantitative estimate of drug-likeness (QED) is 0.683. The lowest BCUT2D eigenvalue weighted by Crippen LogP contribution is -2.10. The van der Waals surface area contributed by atoms with Crippen molar-refractivity contribution in [1.29, 1.82) is 0 Å². The lowest BCUT2D eigenvalue weighted by molar-refractivity contribution is 0.0526. The van der Waals surface area contributed by atoms with Crippen LogP contribution in [0.5, 0.6) is 0 Å². The molecule has 6 heteroatoms. The molecule has 0 radical (unpaired) electrons. The first-order chi connectivity index (χ1) is 10.2. The van der Waals surface area contributed by atoms with Gasteiger partial charge in [-0.3, -0.25) is 0 Å². The molecule has 3 rings (SSSR count). The third-order valence-corrected chi connectivity index (χ3v) is 3.35. The molecule has 21 heavy (non-hydrogen) atoms. The number of halogens is 1. The molecular formula is C15H12BrN3O2. The highest BCUT2D eigenvalue weighted by molar-refractivity contribution is 9.10. The van der Waals surface area contributed by atoms with E-state index < -0.39 is 5.97 Å². The Hall–Kier alpha value is -2.21. The number of ether oxygens (including phenoxy) is 1. The van der Waals surface area contributed by atoms with Crippen molar-refractivity contribution in [3.8, 4) is 11.3 Å². The Morgan fingerprint density at radius 3 is 2.81 bits per heavy atom. The first-order valence-electron chi connectivity index (χ1n) is 6.47. The molecule has 5 nitrogen and oxygen atoms in total. The average molecular weight is 346 g/mol. The van der Waals surface area contributed by atoms with Gasteiger partial charge in [0.05, 0.1) is 12.3 Å². The lowest BCUT2D eigenvalue weighted by Gasteiger charge is -2.08. The van der Waals surface area contributed by atoms with Crippen LogP contribution in [0.1, 0.15) is 17.3 Å². The maximum atomic E-state index is 12.2. The van der Waals surface area contributed by atoms with Gasteiger partial charge in [0.2, 0.25) is 0 Å². The number of carbonyl (C=O) groups excluding carboxylic acids is 1. The second kappa shape index (κ2) is 5.65. The number of esters is 1. The maximum Gasteiger partial charge on any atom is 0.341 e. The van der Waals surface area contributed by atoms with E-state index in [2.05, 4.69) is 26.0 Å². The van der Waals surface area contributed by atoms with Crippen molar-refractivity contribution in [3.05, 3.63) is 52.8 Å². The maximum absolute atomic E-state index is 12.2. The summed E-state index contributed by atoms with van der Waals surface area (Å²) < 4.78 is 7.33. The van der Waals surface area contributed by atoms with Gasteiger partial charge in [-0.2, -0.15) is 5.10 Å². The zero-order valence-corrected chi connectivity index (χ0v) is 12.9. The molecule has 106 valence electrons. The summed E-state index contributed by atoms with van der Waals surface area (Å²) in [4.78, 5) is 16.7. The normalized spacial score (nSPS) is 10.8. The topological polar surface area (TPSA) is 56.5 Å². The number of hydrogen-bond acceptors (Lipinski definition) is 4. The number of fused-ring (bicyclic) bond motifs is 1. The molecule has 0 unspecified atom stereocenters. The van der Waals surface area contributed by atoms with Crippen molar-refractivity contribution >= 4 is 27.5 Å². The van der Waals surface area contributed by atoms with E-state index in [-0.39, 0.29) is 0 Å². The summed E-state index contributed by atoms with van der Waals surface area (Å²) in [7, 11) is 0. The van der Waals surface area contributed by atoms with Crippen LogP contribution < -0.4 is 0 Å². The number of hydrogen-bond donors (Lipinski definition) is 0. The Morgan fingerprint density at radius 1 is 1.33 bits per heavy atom. The number of benzene rings is 1. The van der Waals surface area contributed by atoms with E-state index in [0.29, 0.717) is 28.1 Å². The van der Waals surface area contributed by atoms with E-state index in [4.69, 9.17) is 4.74 Å². The van der Waals surface area contributed by atoms with Gasteiger partial charge in [0.1, 0.15) is 10.2 Å². The van der Waals surface area contributed by atoms with E-state index in [9.17, 15) is 4.79 Å². The Labute approximate surface area is 129 Å². The third kappa shape index (κ3) is 2.67. The van der Waals surface area contributed by atoms with Crippen LogP contribution in [0.3, 0.4) is 0 Å². The molecule has 0 spiro atoms. The van der Waals surface area contributed by atoms with Gasteiger partial charge >= 0.3 is 5.97 Å². The number of nitrogens with zero attached hydrogens (tertiary/aromatic N) is 3. The fourth-order valence-corrected chi connectivity index (χ4v) is 2.44. The molecule has 3 aromatic rings. The van der Waals surface area contributed by atoms with Crippen molar-refractivity contribution in [2.75, 3.05) is 6.61 Å². The lowest BCUT2D eigenvalue weighted by atomic mass is 10.1. The third-order valence-electron chi connectivity index (χ3n) is 2.96. The van der Waals surface area contributed by atoms with Crippen LogP contribution in [0.2, 0.25) is 0 Å². The summed E-state index contributed by atoms with van der Waals surface area (Å²) in [5.41, 5.74) is 2.51. The number of carbonyl (C=O) groups is 1. The van der Waals surface area contributed by atoms with Gasteiger partial charge in [-0.15, -0.1) is 0 Å². The second-order valence-electron chi connectivity index (χ2n) is 4.36. The minimum atomic E-state index is -0.405. The van der Waals surface area contributed by atoms with Crippen molar-refractivity contribution in [2.45, 2.75) is 6.92 Å². The molecule has 0 atom stereocenters. The number of aromatic nitrogens is 3. The predicted octanol–water partition coefficient (Wildman–Crippen LogP) is 3.34. The molecule has 0 N–H and O–H groups in total. The largest absolute Gasteiger partial charge is 0.462 e. The highest BCUT2D eigenvalue weighted by Gasteiger charge is 2.18. The van der Waals surface area contributed by atoms with Crippen molar-refractivity contribution in [3.63, 3.8) is 0 Å². The van der Waals surface area contributed by atoms with Crippen molar-refractivity contribution in [2.24, 2.45) is 0 Å². The van der Waals surface area contributed by atoms with Crippen molar-refractivity contribution < 1.29 is 9.53 Å². The summed E-state index contributed by atoms with van der Waals surface area (Å²) >= 11 is 3.31.